The van der Waals surface area contributed by atoms with Crippen molar-refractivity contribution >= 4 is 65.4 Å². The molecule has 0 radical (unpaired) electrons. The molecule has 386 valence electrons. The van der Waals surface area contributed by atoms with E-state index in [-0.39, 0.29) is 0 Å². The Bertz CT molecular complexity index is 4910. The number of nitrogens with zero attached hydrogens (tertiary/aromatic N) is 6. The largest absolute Gasteiger partial charge is 0.309 e. The first-order chi connectivity index (χ1) is 41.1. The highest BCUT2D eigenvalue weighted by Crippen LogP contribution is 2.46. The molecule has 6 heteroatoms. The number of rotatable bonds is 9. The first-order valence-corrected chi connectivity index (χ1v) is 28.0. The standard InChI is InChI=1S/C77H48N6/c78-49-55-23-7-8-24-59(55)54-39-44-75-67(45-54)64-29-13-18-34-74(64)83(75)76-65(50-35-40-57(41-36-50)81-70-30-14-9-25-60(70)61-26-10-15-31-71(61)81)46-56(77-79-68(52-19-3-1-4-20-52)48-69(80-77)53-21-5-2-6-22-53)47-66(76)51-37-42-58(43-38-51)82-72-32-16-11-27-62(72)63-28-12-17-33-73(63)82/h1-48H. The highest BCUT2D eigenvalue weighted by molar-refractivity contribution is 6.13. The monoisotopic (exact) mass is 1060 g/mol. The van der Waals surface area contributed by atoms with Crippen molar-refractivity contribution in [3.05, 3.63) is 297 Å². The van der Waals surface area contributed by atoms with Gasteiger partial charge in [0.15, 0.2) is 5.82 Å². The van der Waals surface area contributed by atoms with Gasteiger partial charge in [0.1, 0.15) is 0 Å². The summed E-state index contributed by atoms with van der Waals surface area (Å²) in [7, 11) is 0. The van der Waals surface area contributed by atoms with E-state index in [4.69, 9.17) is 9.97 Å². The minimum Gasteiger partial charge on any atom is -0.309 e. The van der Waals surface area contributed by atoms with Crippen molar-refractivity contribution < 1.29 is 0 Å². The lowest BCUT2D eigenvalue weighted by Gasteiger charge is -2.22. The van der Waals surface area contributed by atoms with Crippen LogP contribution in [0.5, 0.6) is 0 Å². The number of para-hydroxylation sites is 5. The van der Waals surface area contributed by atoms with Gasteiger partial charge in [-0.05, 0) is 113 Å². The van der Waals surface area contributed by atoms with Crippen LogP contribution in [0.15, 0.2) is 291 Å². The molecule has 0 spiro atoms. The van der Waals surface area contributed by atoms with Crippen molar-refractivity contribution in [2.75, 3.05) is 0 Å². The fraction of sp³-hybridized carbons (Fsp3) is 0. The van der Waals surface area contributed by atoms with Crippen LogP contribution in [-0.4, -0.2) is 23.7 Å². The second kappa shape index (κ2) is 19.5. The summed E-state index contributed by atoms with van der Waals surface area (Å²) in [5.41, 5.74) is 21.0. The van der Waals surface area contributed by atoms with E-state index in [1.54, 1.807) is 0 Å². The Kier molecular flexibility index (Phi) is 11.2. The number of nitriles is 1. The Balaban J connectivity index is 0.996. The van der Waals surface area contributed by atoms with Crippen molar-refractivity contribution in [1.82, 2.24) is 23.7 Å². The van der Waals surface area contributed by atoms with Gasteiger partial charge in [0.25, 0.3) is 0 Å². The molecule has 16 aromatic rings. The normalized spacial score (nSPS) is 11.6. The number of hydrogen-bond donors (Lipinski definition) is 0. The van der Waals surface area contributed by atoms with E-state index in [9.17, 15) is 5.26 Å². The first-order valence-electron chi connectivity index (χ1n) is 28.0. The van der Waals surface area contributed by atoms with Crippen molar-refractivity contribution in [2.24, 2.45) is 0 Å². The van der Waals surface area contributed by atoms with Crippen LogP contribution in [0, 0.1) is 11.3 Å². The quantitative estimate of drug-likeness (QED) is 0.145. The molecule has 83 heavy (non-hydrogen) atoms. The lowest BCUT2D eigenvalue weighted by Crippen LogP contribution is -2.03. The van der Waals surface area contributed by atoms with Gasteiger partial charge >= 0.3 is 0 Å². The highest BCUT2D eigenvalue weighted by atomic mass is 15.0. The summed E-state index contributed by atoms with van der Waals surface area (Å²) in [6, 6.07) is 106. The molecular formula is C77H48N6. The van der Waals surface area contributed by atoms with Crippen LogP contribution < -0.4 is 0 Å². The van der Waals surface area contributed by atoms with Crippen LogP contribution in [0.4, 0.5) is 0 Å². The van der Waals surface area contributed by atoms with E-state index in [1.807, 2.05) is 36.4 Å². The van der Waals surface area contributed by atoms with E-state index >= 15 is 0 Å². The molecule has 0 bridgehead atoms. The topological polar surface area (TPSA) is 64.4 Å². The summed E-state index contributed by atoms with van der Waals surface area (Å²) in [6.07, 6.45) is 0. The molecule has 0 saturated carbocycles. The Morgan fingerprint density at radius 3 is 1.10 bits per heavy atom. The van der Waals surface area contributed by atoms with E-state index < -0.39 is 0 Å². The van der Waals surface area contributed by atoms with Gasteiger partial charge in [0.05, 0.1) is 61.8 Å². The minimum atomic E-state index is 0.617. The van der Waals surface area contributed by atoms with Crippen LogP contribution in [0.25, 0.3) is 150 Å². The van der Waals surface area contributed by atoms with Crippen LogP contribution in [-0.2, 0) is 0 Å². The van der Waals surface area contributed by atoms with Crippen LogP contribution in [0.1, 0.15) is 5.56 Å². The summed E-state index contributed by atoms with van der Waals surface area (Å²) >= 11 is 0. The molecule has 4 aromatic heterocycles. The third-order valence-electron chi connectivity index (χ3n) is 16.5. The molecule has 0 fully saturated rings. The highest BCUT2D eigenvalue weighted by Gasteiger charge is 2.25. The number of benzene rings is 12. The van der Waals surface area contributed by atoms with E-state index in [0.29, 0.717) is 11.4 Å². The summed E-state index contributed by atoms with van der Waals surface area (Å²) in [4.78, 5) is 11.0. The van der Waals surface area contributed by atoms with Crippen LogP contribution >= 0.6 is 0 Å². The molecule has 0 aliphatic heterocycles. The van der Waals surface area contributed by atoms with E-state index in [1.165, 1.54) is 21.5 Å². The Morgan fingerprint density at radius 2 is 0.639 bits per heavy atom. The number of fused-ring (bicyclic) bond motifs is 9. The summed E-state index contributed by atoms with van der Waals surface area (Å²) in [5.74, 6) is 0.617. The zero-order chi connectivity index (χ0) is 55.0. The van der Waals surface area contributed by atoms with Crippen molar-refractivity contribution in [2.45, 2.75) is 0 Å². The molecule has 0 aliphatic rings. The van der Waals surface area contributed by atoms with Gasteiger partial charge in [0.2, 0.25) is 0 Å². The molecule has 6 nitrogen and oxygen atoms in total. The van der Waals surface area contributed by atoms with Gasteiger partial charge in [0, 0.05) is 71.5 Å². The molecule has 0 unspecified atom stereocenters. The molecule has 4 heterocycles. The second-order valence-electron chi connectivity index (χ2n) is 21.2. The van der Waals surface area contributed by atoms with Crippen LogP contribution in [0.3, 0.4) is 0 Å². The average Bonchev–Trinajstić information content (AvgIpc) is 2.58. The number of hydrogen-bond acceptors (Lipinski definition) is 3. The second-order valence-corrected chi connectivity index (χ2v) is 21.2. The van der Waals surface area contributed by atoms with Gasteiger partial charge in [-0.3, -0.25) is 0 Å². The molecule has 0 saturated heterocycles. The lowest BCUT2D eigenvalue weighted by molar-refractivity contribution is 1.16. The van der Waals surface area contributed by atoms with Crippen molar-refractivity contribution in [3.8, 4) is 90.4 Å². The Labute approximate surface area is 478 Å². The maximum Gasteiger partial charge on any atom is 0.160 e. The molecule has 16 rings (SSSR count). The summed E-state index contributed by atoms with van der Waals surface area (Å²) in [6.45, 7) is 0. The fourth-order valence-electron chi connectivity index (χ4n) is 12.7. The molecule has 0 atom stereocenters. The summed E-state index contributed by atoms with van der Waals surface area (Å²) < 4.78 is 7.20. The lowest BCUT2D eigenvalue weighted by atomic mass is 9.92. The molecule has 0 amide bonds. The van der Waals surface area contributed by atoms with Gasteiger partial charge in [-0.1, -0.05) is 200 Å². The minimum absolute atomic E-state index is 0.617. The number of aromatic nitrogens is 5. The molecular weight excluding hydrogens is 1010 g/mol. The SMILES string of the molecule is N#Cc1ccccc1-c1ccc2c(c1)c1ccccc1n2-c1c(-c2ccc(-n3c4ccccc4c4ccccc43)cc2)cc(-c2nc(-c3ccccc3)cc(-c3ccccc3)n2)cc1-c1ccc(-n2c3ccccc3c3ccccc32)cc1. The molecule has 0 N–H and O–H groups in total. The third-order valence-corrected chi connectivity index (χ3v) is 16.5. The first kappa shape index (κ1) is 47.6. The predicted octanol–water partition coefficient (Wildman–Crippen LogP) is 19.6. The Morgan fingerprint density at radius 1 is 0.265 bits per heavy atom. The maximum absolute atomic E-state index is 10.3. The van der Waals surface area contributed by atoms with Gasteiger partial charge in [-0.15, -0.1) is 0 Å². The molecule has 12 aromatic carbocycles. The van der Waals surface area contributed by atoms with Gasteiger partial charge < -0.3 is 13.7 Å². The van der Waals surface area contributed by atoms with E-state index in [2.05, 4.69) is 275 Å². The predicted molar refractivity (Wildman–Crippen MR) is 342 cm³/mol. The zero-order valence-electron chi connectivity index (χ0n) is 44.9. The van der Waals surface area contributed by atoms with Crippen LogP contribution in [0.2, 0.25) is 0 Å². The van der Waals surface area contributed by atoms with Gasteiger partial charge in [-0.2, -0.15) is 5.26 Å². The maximum atomic E-state index is 10.3. The average molecular weight is 1060 g/mol. The zero-order valence-corrected chi connectivity index (χ0v) is 44.9. The van der Waals surface area contributed by atoms with Crippen molar-refractivity contribution in [1.29, 1.82) is 5.26 Å². The van der Waals surface area contributed by atoms with E-state index in [0.717, 1.165) is 122 Å². The Hall–Kier alpha value is -11.4. The van der Waals surface area contributed by atoms with Gasteiger partial charge in [-0.25, -0.2) is 9.97 Å². The molecule has 0 aliphatic carbocycles. The summed E-state index contributed by atoms with van der Waals surface area (Å²) in [5, 5.41) is 17.4. The third kappa shape index (κ3) is 7.86. The fourth-order valence-corrected chi connectivity index (χ4v) is 12.7. The van der Waals surface area contributed by atoms with Crippen molar-refractivity contribution in [3.63, 3.8) is 0 Å². The smallest absolute Gasteiger partial charge is 0.160 e.